The highest BCUT2D eigenvalue weighted by molar-refractivity contribution is 5.86. The van der Waals surface area contributed by atoms with Crippen LogP contribution in [0.2, 0.25) is 0 Å². The zero-order valence-electron chi connectivity index (χ0n) is 17.9. The Balaban J connectivity index is 0.00000155. The maximum absolute atomic E-state index is 12.9. The molecule has 0 atom stereocenters. The number of rotatable bonds is 6. The minimum Gasteiger partial charge on any atom is -0.354 e. The fourth-order valence-electron chi connectivity index (χ4n) is 4.10. The molecule has 2 aromatic rings. The first-order valence-corrected chi connectivity index (χ1v) is 10.4. The molecular formula is C25H30N4O. The van der Waals surface area contributed by atoms with Crippen LogP contribution in [0.1, 0.15) is 43.2 Å². The fraction of sp³-hybridized carbons (Fsp3) is 0.400. The Bertz CT molecular complexity index is 870. The first-order chi connectivity index (χ1) is 14.5. The highest BCUT2D eigenvalue weighted by Crippen LogP contribution is 2.32. The third-order valence-electron chi connectivity index (χ3n) is 5.96. The molecule has 1 saturated carbocycles. The smallest absolute Gasteiger partial charge is 0.240 e. The third-order valence-corrected chi connectivity index (χ3v) is 5.96. The van der Waals surface area contributed by atoms with E-state index in [1.54, 1.807) is 0 Å². The molecule has 0 radical (unpaired) electrons. The summed E-state index contributed by atoms with van der Waals surface area (Å²) >= 11 is 0. The molecule has 0 heterocycles. The van der Waals surface area contributed by atoms with Gasteiger partial charge in [0, 0.05) is 13.1 Å². The lowest BCUT2D eigenvalue weighted by atomic mass is 9.80. The number of nitrogens with zero attached hydrogens (tertiary/aromatic N) is 3. The van der Waals surface area contributed by atoms with Gasteiger partial charge in [0.05, 0.1) is 17.2 Å². The standard InChI is InChI=1S/C24H29N3O.CHN/c1-27(2)24(15-4-3-5-16-24)23(28)26-17-14-19-6-10-21(11-7-19)22-12-8-20(18-25)9-13-22;1-2/h6-13H,3-5,14-17H2,1-2H3,(H,26,28);1H. The molecule has 0 spiro atoms. The van der Waals surface area contributed by atoms with E-state index in [1.807, 2.05) is 38.4 Å². The number of carbonyl (C=O) groups is 1. The average Bonchev–Trinajstić information content (AvgIpc) is 2.81. The van der Waals surface area contributed by atoms with E-state index in [9.17, 15) is 4.79 Å². The van der Waals surface area contributed by atoms with Crippen molar-refractivity contribution in [1.29, 1.82) is 10.5 Å². The fourth-order valence-corrected chi connectivity index (χ4v) is 4.10. The van der Waals surface area contributed by atoms with Crippen molar-refractivity contribution in [2.75, 3.05) is 20.6 Å². The molecule has 1 fully saturated rings. The number of hydrogen-bond donors (Lipinski definition) is 1. The van der Waals surface area contributed by atoms with Crippen LogP contribution in [-0.2, 0) is 11.2 Å². The summed E-state index contributed by atoms with van der Waals surface area (Å²) in [5.41, 5.74) is 3.78. The van der Waals surface area contributed by atoms with Gasteiger partial charge in [-0.05, 0) is 62.2 Å². The van der Waals surface area contributed by atoms with E-state index in [0.29, 0.717) is 12.1 Å². The largest absolute Gasteiger partial charge is 0.354 e. The monoisotopic (exact) mass is 402 g/mol. The number of benzene rings is 2. The quantitative estimate of drug-likeness (QED) is 0.782. The van der Waals surface area contributed by atoms with Crippen molar-refractivity contribution in [3.8, 4) is 23.8 Å². The Morgan fingerprint density at radius 2 is 1.53 bits per heavy atom. The molecule has 2 aromatic carbocycles. The summed E-state index contributed by atoms with van der Waals surface area (Å²) in [5, 5.41) is 18.6. The minimum atomic E-state index is -0.336. The Morgan fingerprint density at radius 1 is 1.00 bits per heavy atom. The second-order valence-electron chi connectivity index (χ2n) is 7.88. The van der Waals surface area contributed by atoms with Crippen molar-refractivity contribution >= 4 is 5.91 Å². The third kappa shape index (κ3) is 5.47. The van der Waals surface area contributed by atoms with Gasteiger partial charge >= 0.3 is 0 Å². The van der Waals surface area contributed by atoms with Gasteiger partial charge in [0.1, 0.15) is 0 Å². The van der Waals surface area contributed by atoms with Crippen LogP contribution in [0.15, 0.2) is 48.5 Å². The number of nitrogens with one attached hydrogen (secondary N) is 1. The van der Waals surface area contributed by atoms with Gasteiger partial charge in [-0.1, -0.05) is 55.7 Å². The highest BCUT2D eigenvalue weighted by atomic mass is 16.2. The van der Waals surface area contributed by atoms with Crippen molar-refractivity contribution in [2.45, 2.75) is 44.1 Å². The SMILES string of the molecule is C#N.CN(C)C1(C(=O)NCCc2ccc(-c3ccc(C#N)cc3)cc2)CCCCC1. The molecule has 156 valence electrons. The second-order valence-corrected chi connectivity index (χ2v) is 7.88. The van der Waals surface area contributed by atoms with Crippen LogP contribution >= 0.6 is 0 Å². The summed E-state index contributed by atoms with van der Waals surface area (Å²) in [7, 11) is 4.04. The molecule has 5 heteroatoms. The number of amides is 1. The summed E-state index contributed by atoms with van der Waals surface area (Å²) in [5.74, 6) is 0.173. The zero-order chi connectivity index (χ0) is 22.0. The number of hydrogen-bond acceptors (Lipinski definition) is 4. The topological polar surface area (TPSA) is 79.9 Å². The Kier molecular flexibility index (Phi) is 8.59. The van der Waals surface area contributed by atoms with E-state index in [-0.39, 0.29) is 11.4 Å². The van der Waals surface area contributed by atoms with Gasteiger partial charge in [0.25, 0.3) is 0 Å². The van der Waals surface area contributed by atoms with E-state index < -0.39 is 0 Å². The summed E-state index contributed by atoms with van der Waals surface area (Å²) in [6, 6.07) is 18.2. The molecule has 3 rings (SSSR count). The number of carbonyl (C=O) groups excluding carboxylic acids is 1. The molecule has 0 bridgehead atoms. The molecular weight excluding hydrogens is 372 g/mol. The molecule has 0 aliphatic heterocycles. The van der Waals surface area contributed by atoms with Gasteiger partial charge in [-0.2, -0.15) is 5.26 Å². The van der Waals surface area contributed by atoms with Crippen LogP contribution in [0, 0.1) is 23.2 Å². The van der Waals surface area contributed by atoms with Gasteiger partial charge in [0.2, 0.25) is 5.91 Å². The first kappa shape index (κ1) is 23.1. The van der Waals surface area contributed by atoms with Crippen molar-refractivity contribution in [1.82, 2.24) is 10.2 Å². The van der Waals surface area contributed by atoms with Gasteiger partial charge in [-0.3, -0.25) is 9.69 Å². The van der Waals surface area contributed by atoms with Gasteiger partial charge in [-0.25, -0.2) is 5.26 Å². The molecule has 5 nitrogen and oxygen atoms in total. The number of nitriles is 2. The second kappa shape index (κ2) is 11.1. The lowest BCUT2D eigenvalue weighted by Gasteiger charge is -2.41. The molecule has 0 aromatic heterocycles. The van der Waals surface area contributed by atoms with Gasteiger partial charge < -0.3 is 5.32 Å². The lowest BCUT2D eigenvalue weighted by molar-refractivity contribution is -0.134. The van der Waals surface area contributed by atoms with Crippen LogP contribution in [0.5, 0.6) is 0 Å². The van der Waals surface area contributed by atoms with Crippen LogP contribution in [0.4, 0.5) is 0 Å². The highest BCUT2D eigenvalue weighted by Gasteiger charge is 2.41. The molecule has 0 saturated heterocycles. The summed E-state index contributed by atoms with van der Waals surface area (Å²) in [4.78, 5) is 15.0. The summed E-state index contributed by atoms with van der Waals surface area (Å²) in [6.45, 7) is 4.16. The first-order valence-electron chi connectivity index (χ1n) is 10.4. The average molecular weight is 403 g/mol. The van der Waals surface area contributed by atoms with E-state index in [0.717, 1.165) is 43.2 Å². The molecule has 1 aliphatic carbocycles. The summed E-state index contributed by atoms with van der Waals surface area (Å²) in [6.07, 6.45) is 6.21. The Morgan fingerprint density at radius 3 is 2.03 bits per heavy atom. The van der Waals surface area contributed by atoms with Crippen molar-refractivity contribution in [3.63, 3.8) is 0 Å². The van der Waals surface area contributed by atoms with E-state index in [4.69, 9.17) is 10.5 Å². The van der Waals surface area contributed by atoms with Crippen LogP contribution in [0.3, 0.4) is 0 Å². The van der Waals surface area contributed by atoms with E-state index in [2.05, 4.69) is 47.1 Å². The van der Waals surface area contributed by atoms with Gasteiger partial charge in [0.15, 0.2) is 0 Å². The molecule has 30 heavy (non-hydrogen) atoms. The molecule has 0 unspecified atom stereocenters. The van der Waals surface area contributed by atoms with E-state index >= 15 is 0 Å². The number of likely N-dealkylation sites (N-methyl/N-ethyl adjacent to an activating group) is 1. The Labute approximate surface area is 179 Å². The Hall–Kier alpha value is -3.15. The summed E-state index contributed by atoms with van der Waals surface area (Å²) < 4.78 is 0. The lowest BCUT2D eigenvalue weighted by Crippen LogP contribution is -2.57. The van der Waals surface area contributed by atoms with Crippen LogP contribution in [-0.4, -0.2) is 37.0 Å². The van der Waals surface area contributed by atoms with Gasteiger partial charge in [-0.15, -0.1) is 0 Å². The van der Waals surface area contributed by atoms with Crippen molar-refractivity contribution < 1.29 is 4.79 Å². The normalized spacial score (nSPS) is 14.8. The van der Waals surface area contributed by atoms with E-state index in [1.165, 1.54) is 12.0 Å². The minimum absolute atomic E-state index is 0.173. The van der Waals surface area contributed by atoms with Crippen LogP contribution < -0.4 is 5.32 Å². The van der Waals surface area contributed by atoms with Crippen molar-refractivity contribution in [2.24, 2.45) is 0 Å². The predicted molar refractivity (Wildman–Crippen MR) is 119 cm³/mol. The maximum atomic E-state index is 12.9. The molecule has 1 N–H and O–H groups in total. The maximum Gasteiger partial charge on any atom is 0.240 e. The zero-order valence-corrected chi connectivity index (χ0v) is 17.9. The van der Waals surface area contributed by atoms with Crippen molar-refractivity contribution in [3.05, 3.63) is 59.7 Å². The van der Waals surface area contributed by atoms with Crippen LogP contribution in [0.25, 0.3) is 11.1 Å². The predicted octanol–water partition coefficient (Wildman–Crippen LogP) is 4.29. The molecule has 1 amide bonds. The molecule has 1 aliphatic rings.